The van der Waals surface area contributed by atoms with Crippen LogP contribution in [0, 0.1) is 10.1 Å². The second-order valence-electron chi connectivity index (χ2n) is 5.27. The molecular formula is C18H15NO7. The normalized spacial score (nSPS) is 10.6. The van der Waals surface area contributed by atoms with Gasteiger partial charge >= 0.3 is 0 Å². The summed E-state index contributed by atoms with van der Waals surface area (Å²) in [5, 5.41) is 11.4. The Balaban J connectivity index is 2.37. The van der Waals surface area contributed by atoms with E-state index in [1.165, 1.54) is 51.7 Å². The van der Waals surface area contributed by atoms with Crippen molar-refractivity contribution in [3.63, 3.8) is 0 Å². The van der Waals surface area contributed by atoms with Gasteiger partial charge in [0.1, 0.15) is 16.7 Å². The zero-order valence-electron chi connectivity index (χ0n) is 14.3. The third-order valence-corrected chi connectivity index (χ3v) is 3.89. The summed E-state index contributed by atoms with van der Waals surface area (Å²) in [5.41, 5.74) is -0.218. The molecule has 0 aliphatic rings. The van der Waals surface area contributed by atoms with E-state index in [1.807, 2.05) is 0 Å². The largest absolute Gasteiger partial charge is 0.493 e. The number of hydrogen-bond acceptors (Lipinski definition) is 7. The first kappa shape index (κ1) is 17.3. The molecule has 0 saturated heterocycles. The Kier molecular flexibility index (Phi) is 4.49. The zero-order chi connectivity index (χ0) is 18.8. The predicted molar refractivity (Wildman–Crippen MR) is 94.2 cm³/mol. The number of nitro groups is 1. The monoisotopic (exact) mass is 357 g/mol. The molecule has 134 valence electrons. The van der Waals surface area contributed by atoms with E-state index in [2.05, 4.69) is 0 Å². The van der Waals surface area contributed by atoms with Crippen molar-refractivity contribution in [1.82, 2.24) is 0 Å². The molecule has 0 radical (unpaired) electrons. The lowest BCUT2D eigenvalue weighted by molar-refractivity contribution is -0.384. The lowest BCUT2D eigenvalue weighted by atomic mass is 10.1. The summed E-state index contributed by atoms with van der Waals surface area (Å²) in [4.78, 5) is 23.4. The van der Waals surface area contributed by atoms with Gasteiger partial charge in [0.2, 0.25) is 5.75 Å². The van der Waals surface area contributed by atoms with Gasteiger partial charge < -0.3 is 18.6 Å². The molecule has 1 heterocycles. The standard InChI is InChI=1S/C18H15NO7/c1-23-15-9-14-16(18(25-3)17(15)24-2)12(20)8-13(26-14)10-6-4-5-7-11(10)19(21)22/h4-9H,1-3H3. The van der Waals surface area contributed by atoms with Crippen molar-refractivity contribution in [3.8, 4) is 28.6 Å². The number of benzene rings is 2. The Labute approximate surface area is 147 Å². The molecule has 0 saturated carbocycles. The average molecular weight is 357 g/mol. The third kappa shape index (κ3) is 2.71. The van der Waals surface area contributed by atoms with E-state index in [9.17, 15) is 14.9 Å². The highest BCUT2D eigenvalue weighted by Crippen LogP contribution is 2.43. The van der Waals surface area contributed by atoms with Gasteiger partial charge in [0.25, 0.3) is 5.69 Å². The van der Waals surface area contributed by atoms with Crippen molar-refractivity contribution in [3.05, 3.63) is 56.7 Å². The van der Waals surface area contributed by atoms with E-state index in [-0.39, 0.29) is 39.5 Å². The number of nitrogens with zero attached hydrogens (tertiary/aromatic N) is 1. The summed E-state index contributed by atoms with van der Waals surface area (Å²) >= 11 is 0. The summed E-state index contributed by atoms with van der Waals surface area (Å²) in [5.74, 6) is 0.807. The third-order valence-electron chi connectivity index (χ3n) is 3.89. The lowest BCUT2D eigenvalue weighted by Crippen LogP contribution is -2.05. The first-order valence-corrected chi connectivity index (χ1v) is 7.52. The Morgan fingerprint density at radius 2 is 1.69 bits per heavy atom. The number of nitro benzene ring substituents is 1. The summed E-state index contributed by atoms with van der Waals surface area (Å²) in [6.07, 6.45) is 0. The highest BCUT2D eigenvalue weighted by Gasteiger charge is 2.23. The quantitative estimate of drug-likeness (QED) is 0.509. The van der Waals surface area contributed by atoms with E-state index in [0.29, 0.717) is 5.75 Å². The van der Waals surface area contributed by atoms with E-state index in [0.717, 1.165) is 0 Å². The Morgan fingerprint density at radius 3 is 2.31 bits per heavy atom. The second-order valence-corrected chi connectivity index (χ2v) is 5.27. The van der Waals surface area contributed by atoms with Gasteiger partial charge in [-0.25, -0.2) is 0 Å². The fraction of sp³-hybridized carbons (Fsp3) is 0.167. The molecule has 0 aliphatic heterocycles. The van der Waals surface area contributed by atoms with Crippen LogP contribution >= 0.6 is 0 Å². The molecule has 0 spiro atoms. The molecule has 0 fully saturated rings. The fourth-order valence-corrected chi connectivity index (χ4v) is 2.76. The Bertz CT molecular complexity index is 1060. The Hall–Kier alpha value is -3.55. The highest BCUT2D eigenvalue weighted by molar-refractivity contribution is 5.90. The average Bonchev–Trinajstić information content (AvgIpc) is 2.65. The van der Waals surface area contributed by atoms with Crippen LogP contribution in [-0.2, 0) is 0 Å². The van der Waals surface area contributed by atoms with E-state index < -0.39 is 10.4 Å². The number of fused-ring (bicyclic) bond motifs is 1. The van der Waals surface area contributed by atoms with Crippen LogP contribution in [-0.4, -0.2) is 26.3 Å². The molecule has 0 N–H and O–H groups in total. The SMILES string of the molecule is COc1cc2oc(-c3ccccc3[N+](=O)[O-])cc(=O)c2c(OC)c1OC. The molecule has 3 aromatic rings. The molecule has 8 heteroatoms. The minimum absolute atomic E-state index is 0.0732. The molecule has 26 heavy (non-hydrogen) atoms. The van der Waals surface area contributed by atoms with Gasteiger partial charge in [-0.1, -0.05) is 12.1 Å². The molecule has 0 amide bonds. The molecular weight excluding hydrogens is 342 g/mol. The van der Waals surface area contributed by atoms with Gasteiger partial charge in [-0.05, 0) is 6.07 Å². The van der Waals surface area contributed by atoms with Gasteiger partial charge in [-0.2, -0.15) is 0 Å². The zero-order valence-corrected chi connectivity index (χ0v) is 14.3. The molecule has 2 aromatic carbocycles. The molecule has 0 atom stereocenters. The van der Waals surface area contributed by atoms with Crippen molar-refractivity contribution in [2.24, 2.45) is 0 Å². The van der Waals surface area contributed by atoms with Crippen molar-refractivity contribution in [2.45, 2.75) is 0 Å². The predicted octanol–water partition coefficient (Wildman–Crippen LogP) is 3.39. The number of para-hydroxylation sites is 1. The molecule has 3 rings (SSSR count). The molecule has 1 aromatic heterocycles. The maximum Gasteiger partial charge on any atom is 0.280 e. The van der Waals surface area contributed by atoms with Gasteiger partial charge in [0.05, 0.1) is 31.8 Å². The number of methoxy groups -OCH3 is 3. The van der Waals surface area contributed by atoms with Gasteiger partial charge in [-0.3, -0.25) is 14.9 Å². The van der Waals surface area contributed by atoms with Crippen molar-refractivity contribution >= 4 is 16.7 Å². The summed E-state index contributed by atoms with van der Waals surface area (Å²) in [7, 11) is 4.26. The van der Waals surface area contributed by atoms with Crippen LogP contribution in [0.4, 0.5) is 5.69 Å². The summed E-state index contributed by atoms with van der Waals surface area (Å²) in [6, 6.07) is 8.70. The van der Waals surface area contributed by atoms with Crippen molar-refractivity contribution < 1.29 is 23.6 Å². The van der Waals surface area contributed by atoms with Crippen molar-refractivity contribution in [1.29, 1.82) is 0 Å². The van der Waals surface area contributed by atoms with Crippen LogP contribution < -0.4 is 19.6 Å². The topological polar surface area (TPSA) is 101 Å². The molecule has 0 unspecified atom stereocenters. The molecule has 8 nitrogen and oxygen atoms in total. The Morgan fingerprint density at radius 1 is 1.00 bits per heavy atom. The van der Waals surface area contributed by atoms with E-state index in [1.54, 1.807) is 6.07 Å². The van der Waals surface area contributed by atoms with Crippen LogP contribution in [0.15, 0.2) is 45.6 Å². The minimum atomic E-state index is -0.533. The van der Waals surface area contributed by atoms with Crippen LogP contribution in [0.3, 0.4) is 0 Å². The second kappa shape index (κ2) is 6.75. The first-order chi connectivity index (χ1) is 12.5. The maximum atomic E-state index is 12.7. The van der Waals surface area contributed by atoms with Gasteiger partial charge in [0.15, 0.2) is 16.9 Å². The van der Waals surface area contributed by atoms with Gasteiger partial charge in [0, 0.05) is 18.2 Å². The fourth-order valence-electron chi connectivity index (χ4n) is 2.76. The van der Waals surface area contributed by atoms with Gasteiger partial charge in [-0.15, -0.1) is 0 Å². The minimum Gasteiger partial charge on any atom is -0.493 e. The first-order valence-electron chi connectivity index (χ1n) is 7.52. The van der Waals surface area contributed by atoms with E-state index in [4.69, 9.17) is 18.6 Å². The summed E-state index contributed by atoms with van der Waals surface area (Å²) in [6.45, 7) is 0. The molecule has 0 aliphatic carbocycles. The maximum absolute atomic E-state index is 12.7. The highest BCUT2D eigenvalue weighted by atomic mass is 16.6. The number of rotatable bonds is 5. The van der Waals surface area contributed by atoms with Crippen molar-refractivity contribution in [2.75, 3.05) is 21.3 Å². The van der Waals surface area contributed by atoms with E-state index >= 15 is 0 Å². The lowest BCUT2D eigenvalue weighted by Gasteiger charge is -2.14. The number of hydrogen-bond donors (Lipinski definition) is 0. The van der Waals surface area contributed by atoms with Crippen LogP contribution in [0.25, 0.3) is 22.3 Å². The summed E-state index contributed by atoms with van der Waals surface area (Å²) < 4.78 is 21.6. The van der Waals surface area contributed by atoms with Crippen LogP contribution in [0.1, 0.15) is 0 Å². The van der Waals surface area contributed by atoms with Crippen LogP contribution in [0.2, 0.25) is 0 Å². The molecule has 0 bridgehead atoms. The smallest absolute Gasteiger partial charge is 0.280 e. The van der Waals surface area contributed by atoms with Crippen LogP contribution in [0.5, 0.6) is 17.2 Å². The number of ether oxygens (including phenoxy) is 3.